The third-order valence-electron chi connectivity index (χ3n) is 2.43. The van der Waals surface area contributed by atoms with Gasteiger partial charge in [-0.1, -0.05) is 6.42 Å². The summed E-state index contributed by atoms with van der Waals surface area (Å²) in [5, 5.41) is 3.16. The van der Waals surface area contributed by atoms with Crippen molar-refractivity contribution in [1.29, 1.82) is 0 Å². The maximum absolute atomic E-state index is 11.0. The van der Waals surface area contributed by atoms with Gasteiger partial charge in [-0.15, -0.1) is 0 Å². The van der Waals surface area contributed by atoms with Gasteiger partial charge >= 0.3 is 5.97 Å². The summed E-state index contributed by atoms with van der Waals surface area (Å²) in [5.74, 6) is -0.0818. The maximum atomic E-state index is 11.0. The normalized spacial score (nSPS) is 16.1. The van der Waals surface area contributed by atoms with Gasteiger partial charge in [-0.3, -0.25) is 4.79 Å². The molecule has 1 fully saturated rings. The molecule has 4 nitrogen and oxygen atoms in total. The Kier molecular flexibility index (Phi) is 6.36. The van der Waals surface area contributed by atoms with Crippen LogP contribution in [-0.2, 0) is 14.3 Å². The molecule has 1 aliphatic rings. The van der Waals surface area contributed by atoms with Crippen LogP contribution in [0.25, 0.3) is 0 Å². The molecule has 1 heterocycles. The molecular formula is C11H21NO3. The van der Waals surface area contributed by atoms with Crippen molar-refractivity contribution in [2.24, 2.45) is 0 Å². The Labute approximate surface area is 91.3 Å². The van der Waals surface area contributed by atoms with Crippen LogP contribution in [0.4, 0.5) is 0 Å². The minimum Gasteiger partial charge on any atom is -0.466 e. The molecule has 0 atom stereocenters. The Morgan fingerprint density at radius 2 is 2.13 bits per heavy atom. The van der Waals surface area contributed by atoms with Crippen LogP contribution in [0.1, 0.15) is 32.6 Å². The third kappa shape index (κ3) is 5.74. The third-order valence-corrected chi connectivity index (χ3v) is 2.43. The van der Waals surface area contributed by atoms with Crippen molar-refractivity contribution in [2.75, 3.05) is 26.3 Å². The van der Waals surface area contributed by atoms with Gasteiger partial charge < -0.3 is 14.8 Å². The zero-order valence-electron chi connectivity index (χ0n) is 9.46. The van der Waals surface area contributed by atoms with E-state index in [2.05, 4.69) is 5.32 Å². The lowest BCUT2D eigenvalue weighted by Gasteiger charge is -2.27. The molecule has 1 aliphatic heterocycles. The standard InChI is InChI=1S/C11H21NO3/c1-2-14-11(13)6-4-3-5-7-15-10-8-12-9-10/h10,12H,2-9H2,1H3. The van der Waals surface area contributed by atoms with Crippen LogP contribution in [0.2, 0.25) is 0 Å². The predicted octanol–water partition coefficient (Wildman–Crippen LogP) is 1.10. The monoisotopic (exact) mass is 215 g/mol. The molecule has 0 spiro atoms. The lowest BCUT2D eigenvalue weighted by Crippen LogP contribution is -2.48. The van der Waals surface area contributed by atoms with Gasteiger partial charge in [-0.05, 0) is 19.8 Å². The van der Waals surface area contributed by atoms with Gasteiger partial charge in [0.1, 0.15) is 0 Å². The SMILES string of the molecule is CCOC(=O)CCCCCOC1CNC1. The average molecular weight is 215 g/mol. The number of hydrogen-bond donors (Lipinski definition) is 1. The second-order valence-electron chi connectivity index (χ2n) is 3.77. The van der Waals surface area contributed by atoms with Crippen LogP contribution in [0.3, 0.4) is 0 Å². The molecule has 0 aromatic rings. The van der Waals surface area contributed by atoms with Gasteiger partial charge in [0.2, 0.25) is 0 Å². The predicted molar refractivity (Wildman–Crippen MR) is 57.7 cm³/mol. The van der Waals surface area contributed by atoms with E-state index in [0.29, 0.717) is 19.1 Å². The first-order valence-electron chi connectivity index (χ1n) is 5.81. The van der Waals surface area contributed by atoms with Crippen molar-refractivity contribution < 1.29 is 14.3 Å². The van der Waals surface area contributed by atoms with E-state index in [1.807, 2.05) is 6.92 Å². The number of ether oxygens (including phenoxy) is 2. The van der Waals surface area contributed by atoms with E-state index in [1.54, 1.807) is 0 Å². The molecule has 0 aromatic heterocycles. The highest BCUT2D eigenvalue weighted by Crippen LogP contribution is 2.04. The van der Waals surface area contributed by atoms with Gasteiger partial charge in [-0.25, -0.2) is 0 Å². The second-order valence-corrected chi connectivity index (χ2v) is 3.77. The molecule has 88 valence electrons. The molecular weight excluding hydrogens is 194 g/mol. The minimum absolute atomic E-state index is 0.0818. The Balaban J connectivity index is 1.78. The lowest BCUT2D eigenvalue weighted by atomic mass is 10.2. The highest BCUT2D eigenvalue weighted by molar-refractivity contribution is 5.69. The van der Waals surface area contributed by atoms with Gasteiger partial charge in [0.15, 0.2) is 0 Å². The number of unbranched alkanes of at least 4 members (excludes halogenated alkanes) is 2. The molecule has 0 radical (unpaired) electrons. The summed E-state index contributed by atoms with van der Waals surface area (Å²) in [5.41, 5.74) is 0. The van der Waals surface area contributed by atoms with Crippen LogP contribution < -0.4 is 5.32 Å². The summed E-state index contributed by atoms with van der Waals surface area (Å²) in [6, 6.07) is 0. The molecule has 0 unspecified atom stereocenters. The molecule has 1 saturated heterocycles. The van der Waals surface area contributed by atoms with Crippen LogP contribution in [0, 0.1) is 0 Å². The van der Waals surface area contributed by atoms with Crippen LogP contribution in [0.15, 0.2) is 0 Å². The van der Waals surface area contributed by atoms with Crippen LogP contribution in [0.5, 0.6) is 0 Å². The molecule has 0 amide bonds. The highest BCUT2D eigenvalue weighted by atomic mass is 16.5. The molecule has 1 rings (SSSR count). The first-order chi connectivity index (χ1) is 7.33. The van der Waals surface area contributed by atoms with E-state index >= 15 is 0 Å². The van der Waals surface area contributed by atoms with Crippen molar-refractivity contribution in [3.63, 3.8) is 0 Å². The van der Waals surface area contributed by atoms with Gasteiger partial charge in [0, 0.05) is 26.1 Å². The summed E-state index contributed by atoms with van der Waals surface area (Å²) in [7, 11) is 0. The van der Waals surface area contributed by atoms with E-state index in [4.69, 9.17) is 9.47 Å². The minimum atomic E-state index is -0.0818. The maximum Gasteiger partial charge on any atom is 0.305 e. The van der Waals surface area contributed by atoms with Gasteiger partial charge in [0.25, 0.3) is 0 Å². The zero-order valence-corrected chi connectivity index (χ0v) is 9.46. The van der Waals surface area contributed by atoms with E-state index < -0.39 is 0 Å². The Morgan fingerprint density at radius 1 is 1.33 bits per heavy atom. The fraction of sp³-hybridized carbons (Fsp3) is 0.909. The summed E-state index contributed by atoms with van der Waals surface area (Å²) in [4.78, 5) is 11.0. The largest absolute Gasteiger partial charge is 0.466 e. The summed E-state index contributed by atoms with van der Waals surface area (Å²) in [6.45, 7) is 5.11. The lowest BCUT2D eigenvalue weighted by molar-refractivity contribution is -0.143. The number of carbonyl (C=O) groups is 1. The van der Waals surface area contributed by atoms with Crippen LogP contribution in [-0.4, -0.2) is 38.4 Å². The highest BCUT2D eigenvalue weighted by Gasteiger charge is 2.15. The van der Waals surface area contributed by atoms with Crippen LogP contribution >= 0.6 is 0 Å². The smallest absolute Gasteiger partial charge is 0.305 e. The Bertz CT molecular complexity index is 181. The molecule has 0 aromatic carbocycles. The van der Waals surface area contributed by atoms with Crippen molar-refractivity contribution >= 4 is 5.97 Å². The first-order valence-corrected chi connectivity index (χ1v) is 5.81. The van der Waals surface area contributed by atoms with E-state index in [0.717, 1.165) is 39.0 Å². The van der Waals surface area contributed by atoms with E-state index in [9.17, 15) is 4.79 Å². The molecule has 4 heteroatoms. The number of esters is 1. The van der Waals surface area contributed by atoms with Gasteiger partial charge in [-0.2, -0.15) is 0 Å². The fourth-order valence-electron chi connectivity index (χ4n) is 1.41. The van der Waals surface area contributed by atoms with Crippen molar-refractivity contribution in [3.05, 3.63) is 0 Å². The fourth-order valence-corrected chi connectivity index (χ4v) is 1.41. The molecule has 0 aliphatic carbocycles. The quantitative estimate of drug-likeness (QED) is 0.486. The van der Waals surface area contributed by atoms with E-state index in [-0.39, 0.29) is 5.97 Å². The summed E-state index contributed by atoms with van der Waals surface area (Å²) >= 11 is 0. The van der Waals surface area contributed by atoms with Crippen molar-refractivity contribution in [1.82, 2.24) is 5.32 Å². The second kappa shape index (κ2) is 7.65. The van der Waals surface area contributed by atoms with Gasteiger partial charge in [0.05, 0.1) is 12.7 Å². The number of rotatable bonds is 8. The summed E-state index contributed by atoms with van der Waals surface area (Å²) in [6.07, 6.45) is 3.95. The number of carbonyl (C=O) groups excluding carboxylic acids is 1. The van der Waals surface area contributed by atoms with Crippen molar-refractivity contribution in [3.8, 4) is 0 Å². The molecule has 1 N–H and O–H groups in total. The zero-order chi connectivity index (χ0) is 10.9. The Hall–Kier alpha value is -0.610. The Morgan fingerprint density at radius 3 is 2.73 bits per heavy atom. The number of nitrogens with one attached hydrogen (secondary N) is 1. The topological polar surface area (TPSA) is 47.6 Å². The first kappa shape index (κ1) is 12.5. The molecule has 0 saturated carbocycles. The average Bonchev–Trinajstić information content (AvgIpc) is 2.14. The molecule has 15 heavy (non-hydrogen) atoms. The number of hydrogen-bond acceptors (Lipinski definition) is 4. The van der Waals surface area contributed by atoms with E-state index in [1.165, 1.54) is 0 Å². The van der Waals surface area contributed by atoms with Crippen molar-refractivity contribution in [2.45, 2.75) is 38.7 Å². The summed E-state index contributed by atoms with van der Waals surface area (Å²) < 4.78 is 10.4. The molecule has 0 bridgehead atoms.